The lowest BCUT2D eigenvalue weighted by atomic mass is 9.99. The topological polar surface area (TPSA) is 36.4 Å². The number of pyridine rings is 1. The van der Waals surface area contributed by atoms with Gasteiger partial charge < -0.3 is 9.80 Å². The van der Waals surface area contributed by atoms with E-state index in [9.17, 15) is 9.18 Å². The second-order valence-corrected chi connectivity index (χ2v) is 7.70. The highest BCUT2D eigenvalue weighted by atomic mass is 19.1. The number of nitrogens with zero attached hydrogens (tertiary/aromatic N) is 3. The van der Waals surface area contributed by atoms with E-state index in [0.29, 0.717) is 18.7 Å². The summed E-state index contributed by atoms with van der Waals surface area (Å²) in [5.74, 6) is -0.298. The van der Waals surface area contributed by atoms with Gasteiger partial charge in [0.15, 0.2) is 0 Å². The van der Waals surface area contributed by atoms with Crippen molar-refractivity contribution in [3.8, 4) is 0 Å². The summed E-state index contributed by atoms with van der Waals surface area (Å²) in [6.45, 7) is 5.51. The fourth-order valence-corrected chi connectivity index (χ4v) is 3.54. The van der Waals surface area contributed by atoms with E-state index in [1.54, 1.807) is 23.1 Å². The predicted molar refractivity (Wildman–Crippen MR) is 115 cm³/mol. The van der Waals surface area contributed by atoms with Crippen LogP contribution < -0.4 is 0 Å². The number of aromatic nitrogens is 1. The molecule has 0 aliphatic heterocycles. The zero-order valence-electron chi connectivity index (χ0n) is 17.6. The Morgan fingerprint density at radius 1 is 1.00 bits per heavy atom. The van der Waals surface area contributed by atoms with Crippen molar-refractivity contribution in [2.45, 2.75) is 26.8 Å². The summed E-state index contributed by atoms with van der Waals surface area (Å²) >= 11 is 0. The van der Waals surface area contributed by atoms with Crippen LogP contribution in [0.5, 0.6) is 0 Å². The molecule has 0 unspecified atom stereocenters. The largest absolute Gasteiger partial charge is 0.337 e. The molecule has 4 nitrogen and oxygen atoms in total. The molecule has 2 aromatic carbocycles. The number of carbonyl (C=O) groups is 1. The zero-order valence-corrected chi connectivity index (χ0v) is 17.6. The first-order chi connectivity index (χ1) is 13.9. The Labute approximate surface area is 172 Å². The van der Waals surface area contributed by atoms with Crippen molar-refractivity contribution < 1.29 is 9.18 Å². The molecule has 152 valence electrons. The summed E-state index contributed by atoms with van der Waals surface area (Å²) in [5.41, 5.74) is 4.38. The Bertz CT molecular complexity index is 1020. The van der Waals surface area contributed by atoms with Gasteiger partial charge in [0.05, 0.1) is 11.9 Å². The first kappa shape index (κ1) is 20.9. The Hall–Kier alpha value is -2.79. The van der Waals surface area contributed by atoms with Crippen LogP contribution in [0.15, 0.2) is 48.5 Å². The lowest BCUT2D eigenvalue weighted by molar-refractivity contribution is -0.131. The van der Waals surface area contributed by atoms with Crippen molar-refractivity contribution in [2.24, 2.45) is 0 Å². The van der Waals surface area contributed by atoms with Crippen molar-refractivity contribution in [1.29, 1.82) is 0 Å². The molecular formula is C24H28FN3O. The first-order valence-corrected chi connectivity index (χ1v) is 9.87. The van der Waals surface area contributed by atoms with Crippen LogP contribution in [-0.4, -0.2) is 47.9 Å². The molecule has 29 heavy (non-hydrogen) atoms. The van der Waals surface area contributed by atoms with Crippen molar-refractivity contribution in [3.63, 3.8) is 0 Å². The minimum Gasteiger partial charge on any atom is -0.337 e. The molecule has 0 N–H and O–H groups in total. The number of likely N-dealkylation sites (N-methyl/N-ethyl adjacent to an activating group) is 1. The number of halogens is 1. The molecule has 0 saturated carbocycles. The SMILES string of the molecule is Cc1nc2ccccc2c(C)c1CC(=O)N(CCN(C)C)Cc1ccccc1F. The first-order valence-electron chi connectivity index (χ1n) is 9.87. The van der Waals surface area contributed by atoms with Gasteiger partial charge in [0.2, 0.25) is 5.91 Å². The second kappa shape index (κ2) is 9.14. The van der Waals surface area contributed by atoms with Gasteiger partial charge in [-0.25, -0.2) is 4.39 Å². The molecule has 1 amide bonds. The van der Waals surface area contributed by atoms with Gasteiger partial charge in [-0.3, -0.25) is 9.78 Å². The normalized spacial score (nSPS) is 11.2. The van der Waals surface area contributed by atoms with E-state index in [1.165, 1.54) is 6.07 Å². The number of carbonyl (C=O) groups excluding carboxylic acids is 1. The summed E-state index contributed by atoms with van der Waals surface area (Å²) < 4.78 is 14.2. The van der Waals surface area contributed by atoms with Crippen LogP contribution in [0.2, 0.25) is 0 Å². The number of amides is 1. The van der Waals surface area contributed by atoms with Crippen LogP contribution in [0, 0.1) is 19.7 Å². The van der Waals surface area contributed by atoms with E-state index in [-0.39, 0.29) is 24.7 Å². The molecule has 0 atom stereocenters. The number of para-hydroxylation sites is 1. The fourth-order valence-electron chi connectivity index (χ4n) is 3.54. The predicted octanol–water partition coefficient (Wildman–Crippen LogP) is 4.12. The van der Waals surface area contributed by atoms with E-state index in [2.05, 4.69) is 4.98 Å². The molecule has 0 spiro atoms. The van der Waals surface area contributed by atoms with E-state index in [0.717, 1.165) is 27.7 Å². The Morgan fingerprint density at radius 3 is 2.41 bits per heavy atom. The maximum Gasteiger partial charge on any atom is 0.227 e. The van der Waals surface area contributed by atoms with Gasteiger partial charge in [-0.15, -0.1) is 0 Å². The van der Waals surface area contributed by atoms with Gasteiger partial charge in [-0.1, -0.05) is 36.4 Å². The van der Waals surface area contributed by atoms with Crippen LogP contribution in [0.25, 0.3) is 10.9 Å². The number of hydrogen-bond donors (Lipinski definition) is 0. The summed E-state index contributed by atoms with van der Waals surface area (Å²) in [6.07, 6.45) is 0.261. The number of hydrogen-bond acceptors (Lipinski definition) is 3. The molecule has 0 aliphatic carbocycles. The monoisotopic (exact) mass is 393 g/mol. The standard InChI is InChI=1S/C24H28FN3O/c1-17-20-10-6-8-12-23(20)26-18(2)21(17)15-24(29)28(14-13-27(3)4)16-19-9-5-7-11-22(19)25/h5-12H,13-16H2,1-4H3. The third kappa shape index (κ3) is 4.98. The molecule has 0 fully saturated rings. The number of aryl methyl sites for hydroxylation is 2. The van der Waals surface area contributed by atoms with Gasteiger partial charge in [0.25, 0.3) is 0 Å². The molecule has 3 rings (SSSR count). The molecule has 1 aromatic heterocycles. The number of fused-ring (bicyclic) bond motifs is 1. The minimum absolute atomic E-state index is 0.0154. The highest BCUT2D eigenvalue weighted by molar-refractivity contribution is 5.86. The molecule has 5 heteroatoms. The van der Waals surface area contributed by atoms with Crippen LogP contribution in [0.3, 0.4) is 0 Å². The van der Waals surface area contributed by atoms with Crippen LogP contribution in [-0.2, 0) is 17.8 Å². The van der Waals surface area contributed by atoms with Crippen molar-refractivity contribution in [2.75, 3.05) is 27.2 Å². The number of benzene rings is 2. The molecule has 0 aliphatic rings. The minimum atomic E-state index is -0.283. The molecule has 0 radical (unpaired) electrons. The van der Waals surface area contributed by atoms with Gasteiger partial charge in [-0.2, -0.15) is 0 Å². The van der Waals surface area contributed by atoms with Gasteiger partial charge in [0.1, 0.15) is 5.82 Å². The van der Waals surface area contributed by atoms with Crippen LogP contribution in [0.1, 0.15) is 22.4 Å². The molecule has 1 heterocycles. The Kier molecular flexibility index (Phi) is 6.60. The number of rotatable bonds is 7. The molecule has 0 saturated heterocycles. The van der Waals surface area contributed by atoms with Crippen molar-refractivity contribution in [3.05, 3.63) is 76.7 Å². The second-order valence-electron chi connectivity index (χ2n) is 7.70. The summed E-state index contributed by atoms with van der Waals surface area (Å²) in [6, 6.07) is 14.6. The van der Waals surface area contributed by atoms with E-state index < -0.39 is 0 Å². The van der Waals surface area contributed by atoms with E-state index in [4.69, 9.17) is 0 Å². The fraction of sp³-hybridized carbons (Fsp3) is 0.333. The van der Waals surface area contributed by atoms with Gasteiger partial charge >= 0.3 is 0 Å². The highest BCUT2D eigenvalue weighted by Gasteiger charge is 2.19. The third-order valence-corrected chi connectivity index (χ3v) is 5.30. The van der Waals surface area contributed by atoms with Crippen molar-refractivity contribution in [1.82, 2.24) is 14.8 Å². The maximum absolute atomic E-state index is 14.2. The van der Waals surface area contributed by atoms with Crippen LogP contribution >= 0.6 is 0 Å². The smallest absolute Gasteiger partial charge is 0.227 e. The quantitative estimate of drug-likeness (QED) is 0.606. The summed E-state index contributed by atoms with van der Waals surface area (Å²) in [4.78, 5) is 21.7. The van der Waals surface area contributed by atoms with Crippen LogP contribution in [0.4, 0.5) is 4.39 Å². The van der Waals surface area contributed by atoms with Gasteiger partial charge in [-0.05, 0) is 51.2 Å². The van der Waals surface area contributed by atoms with E-state index in [1.807, 2.05) is 57.1 Å². The van der Waals surface area contributed by atoms with Gasteiger partial charge in [0, 0.05) is 36.3 Å². The summed E-state index contributed by atoms with van der Waals surface area (Å²) in [7, 11) is 3.93. The third-order valence-electron chi connectivity index (χ3n) is 5.30. The zero-order chi connectivity index (χ0) is 21.0. The summed E-state index contributed by atoms with van der Waals surface area (Å²) in [5, 5.41) is 1.06. The highest BCUT2D eigenvalue weighted by Crippen LogP contribution is 2.23. The lowest BCUT2D eigenvalue weighted by Gasteiger charge is -2.25. The Morgan fingerprint density at radius 2 is 1.69 bits per heavy atom. The average Bonchev–Trinajstić information content (AvgIpc) is 2.69. The molecule has 0 bridgehead atoms. The molecule has 3 aromatic rings. The Balaban J connectivity index is 1.88. The van der Waals surface area contributed by atoms with Crippen molar-refractivity contribution >= 4 is 16.8 Å². The average molecular weight is 394 g/mol. The molecular weight excluding hydrogens is 365 g/mol. The maximum atomic E-state index is 14.2. The van der Waals surface area contributed by atoms with E-state index >= 15 is 0 Å². The lowest BCUT2D eigenvalue weighted by Crippen LogP contribution is -2.37.